The van der Waals surface area contributed by atoms with E-state index >= 15 is 0 Å². The second-order valence-corrected chi connectivity index (χ2v) is 6.09. The molecular formula is C16H29IN4O2. The van der Waals surface area contributed by atoms with Crippen LogP contribution in [-0.2, 0) is 11.2 Å². The Bertz CT molecular complexity index is 457. The van der Waals surface area contributed by atoms with E-state index in [0.717, 1.165) is 57.5 Å². The quantitative estimate of drug-likeness (QED) is 0.404. The molecule has 1 fully saturated rings. The molecule has 0 saturated carbocycles. The van der Waals surface area contributed by atoms with Crippen molar-refractivity contribution in [1.29, 1.82) is 0 Å². The summed E-state index contributed by atoms with van der Waals surface area (Å²) in [6.07, 6.45) is 2.55. The zero-order valence-corrected chi connectivity index (χ0v) is 16.6. The van der Waals surface area contributed by atoms with Gasteiger partial charge in [0, 0.05) is 45.2 Å². The summed E-state index contributed by atoms with van der Waals surface area (Å²) in [5.41, 5.74) is 0.0718. The van der Waals surface area contributed by atoms with Gasteiger partial charge in [-0.15, -0.1) is 24.0 Å². The molecule has 132 valence electrons. The van der Waals surface area contributed by atoms with E-state index in [0.29, 0.717) is 0 Å². The predicted molar refractivity (Wildman–Crippen MR) is 104 cm³/mol. The molecule has 1 aromatic heterocycles. The van der Waals surface area contributed by atoms with Crippen molar-refractivity contribution in [2.24, 2.45) is 4.99 Å². The summed E-state index contributed by atoms with van der Waals surface area (Å²) >= 11 is 0. The number of aliphatic imine (C=N–C) groups is 1. The molecule has 2 heterocycles. The van der Waals surface area contributed by atoms with Gasteiger partial charge in [0.05, 0.1) is 19.5 Å². The van der Waals surface area contributed by atoms with Crippen LogP contribution in [0.1, 0.15) is 19.6 Å². The lowest BCUT2D eigenvalue weighted by Gasteiger charge is -2.41. The number of nitrogens with zero attached hydrogens (tertiary/aromatic N) is 2. The first kappa shape index (κ1) is 20.2. The largest absolute Gasteiger partial charge is 0.469 e. The Kier molecular flexibility index (Phi) is 8.93. The second kappa shape index (κ2) is 10.1. The van der Waals surface area contributed by atoms with Crippen molar-refractivity contribution in [3.8, 4) is 0 Å². The Morgan fingerprint density at radius 1 is 1.30 bits per heavy atom. The maximum atomic E-state index is 5.42. The molecule has 0 radical (unpaired) electrons. The fraction of sp³-hybridized carbons (Fsp3) is 0.688. The Morgan fingerprint density at radius 3 is 2.65 bits per heavy atom. The van der Waals surface area contributed by atoms with Gasteiger partial charge in [0.15, 0.2) is 5.96 Å². The van der Waals surface area contributed by atoms with Gasteiger partial charge in [-0.1, -0.05) is 0 Å². The summed E-state index contributed by atoms with van der Waals surface area (Å²) < 4.78 is 10.7. The van der Waals surface area contributed by atoms with Crippen LogP contribution in [0.4, 0.5) is 0 Å². The van der Waals surface area contributed by atoms with Gasteiger partial charge < -0.3 is 19.8 Å². The Hall–Kier alpha value is -0.800. The number of morpholine rings is 1. The maximum absolute atomic E-state index is 5.42. The average molecular weight is 436 g/mol. The van der Waals surface area contributed by atoms with E-state index in [2.05, 4.69) is 34.4 Å². The Morgan fingerprint density at radius 2 is 2.04 bits per heavy atom. The number of furan rings is 1. The topological polar surface area (TPSA) is 62.0 Å². The molecule has 0 aliphatic carbocycles. The molecule has 23 heavy (non-hydrogen) atoms. The van der Waals surface area contributed by atoms with Crippen LogP contribution >= 0.6 is 24.0 Å². The average Bonchev–Trinajstić information content (AvgIpc) is 3.05. The smallest absolute Gasteiger partial charge is 0.191 e. The number of hydrogen-bond donors (Lipinski definition) is 2. The van der Waals surface area contributed by atoms with Gasteiger partial charge in [0.1, 0.15) is 5.76 Å². The van der Waals surface area contributed by atoms with Gasteiger partial charge in [-0.3, -0.25) is 9.89 Å². The van der Waals surface area contributed by atoms with Gasteiger partial charge >= 0.3 is 0 Å². The van der Waals surface area contributed by atoms with E-state index in [4.69, 9.17) is 9.15 Å². The molecule has 0 unspecified atom stereocenters. The molecule has 1 aliphatic rings. The summed E-state index contributed by atoms with van der Waals surface area (Å²) in [6.45, 7) is 9.75. The van der Waals surface area contributed by atoms with Crippen molar-refractivity contribution in [1.82, 2.24) is 15.5 Å². The molecule has 7 heteroatoms. The number of rotatable bonds is 6. The molecule has 0 amide bonds. The molecule has 1 aliphatic heterocycles. The highest BCUT2D eigenvalue weighted by Crippen LogP contribution is 2.14. The second-order valence-electron chi connectivity index (χ2n) is 6.09. The van der Waals surface area contributed by atoms with Crippen LogP contribution < -0.4 is 10.6 Å². The van der Waals surface area contributed by atoms with Crippen molar-refractivity contribution < 1.29 is 9.15 Å². The first-order valence-electron chi connectivity index (χ1n) is 7.91. The highest BCUT2D eigenvalue weighted by atomic mass is 127. The van der Waals surface area contributed by atoms with Crippen molar-refractivity contribution in [3.05, 3.63) is 24.2 Å². The lowest BCUT2D eigenvalue weighted by atomic mass is 10.0. The maximum Gasteiger partial charge on any atom is 0.191 e. The summed E-state index contributed by atoms with van der Waals surface area (Å²) in [5.74, 6) is 1.81. The minimum absolute atomic E-state index is 0. The molecular weight excluding hydrogens is 407 g/mol. The van der Waals surface area contributed by atoms with Crippen LogP contribution in [0, 0.1) is 0 Å². The number of guanidine groups is 1. The molecule has 2 rings (SSSR count). The Balaban J connectivity index is 0.00000264. The van der Waals surface area contributed by atoms with Gasteiger partial charge in [-0.05, 0) is 26.0 Å². The first-order chi connectivity index (χ1) is 10.6. The molecule has 0 spiro atoms. The van der Waals surface area contributed by atoms with Crippen LogP contribution in [0.25, 0.3) is 0 Å². The number of hydrogen-bond acceptors (Lipinski definition) is 4. The third kappa shape index (κ3) is 6.68. The predicted octanol–water partition coefficient (Wildman–Crippen LogP) is 1.72. The summed E-state index contributed by atoms with van der Waals surface area (Å²) in [5, 5.41) is 6.73. The van der Waals surface area contributed by atoms with Crippen LogP contribution in [0.15, 0.2) is 27.8 Å². The molecule has 2 N–H and O–H groups in total. The number of halogens is 1. The van der Waals surface area contributed by atoms with Crippen LogP contribution in [0.2, 0.25) is 0 Å². The van der Waals surface area contributed by atoms with Crippen LogP contribution in [0.5, 0.6) is 0 Å². The van der Waals surface area contributed by atoms with Gasteiger partial charge in [-0.2, -0.15) is 0 Å². The third-order valence-electron chi connectivity index (χ3n) is 4.02. The normalized spacial score (nSPS) is 16.7. The number of ether oxygens (including phenoxy) is 1. The molecule has 0 bridgehead atoms. The van der Waals surface area contributed by atoms with Gasteiger partial charge in [0.25, 0.3) is 0 Å². The standard InChI is InChI=1S/C16H28N4O2.HI/c1-16(2,20-8-11-21-12-9-20)13-19-15(17-3)18-7-6-14-5-4-10-22-14;/h4-5,10H,6-9,11-13H2,1-3H3,(H2,17,18,19);1H. The zero-order valence-electron chi connectivity index (χ0n) is 14.3. The minimum Gasteiger partial charge on any atom is -0.469 e. The minimum atomic E-state index is 0. The van der Waals surface area contributed by atoms with Crippen LogP contribution in [-0.4, -0.2) is 62.8 Å². The first-order valence-corrected chi connectivity index (χ1v) is 7.91. The molecule has 0 aromatic carbocycles. The third-order valence-corrected chi connectivity index (χ3v) is 4.02. The Labute approximate surface area is 156 Å². The van der Waals surface area contributed by atoms with E-state index in [1.165, 1.54) is 0 Å². The van der Waals surface area contributed by atoms with E-state index in [1.54, 1.807) is 13.3 Å². The fourth-order valence-corrected chi connectivity index (χ4v) is 2.56. The molecule has 0 atom stereocenters. The number of nitrogens with one attached hydrogen (secondary N) is 2. The van der Waals surface area contributed by atoms with Crippen molar-refractivity contribution >= 4 is 29.9 Å². The van der Waals surface area contributed by atoms with Gasteiger partial charge in [-0.25, -0.2) is 0 Å². The highest BCUT2D eigenvalue weighted by molar-refractivity contribution is 14.0. The lowest BCUT2D eigenvalue weighted by molar-refractivity contribution is -0.00833. The SMILES string of the molecule is CN=C(NCCc1ccco1)NCC(C)(C)N1CCOCC1.I. The van der Waals surface area contributed by atoms with Crippen molar-refractivity contribution in [2.45, 2.75) is 25.8 Å². The van der Waals surface area contributed by atoms with Crippen molar-refractivity contribution in [2.75, 3.05) is 46.4 Å². The van der Waals surface area contributed by atoms with Crippen molar-refractivity contribution in [3.63, 3.8) is 0 Å². The molecule has 1 saturated heterocycles. The summed E-state index contributed by atoms with van der Waals surface area (Å²) in [6, 6.07) is 3.90. The highest BCUT2D eigenvalue weighted by Gasteiger charge is 2.28. The van der Waals surface area contributed by atoms with E-state index in [1.807, 2.05) is 12.1 Å². The van der Waals surface area contributed by atoms with E-state index < -0.39 is 0 Å². The summed E-state index contributed by atoms with van der Waals surface area (Å²) in [7, 11) is 1.80. The van der Waals surface area contributed by atoms with Crippen LogP contribution in [0.3, 0.4) is 0 Å². The van der Waals surface area contributed by atoms with Gasteiger partial charge in [0.2, 0.25) is 0 Å². The van der Waals surface area contributed by atoms with E-state index in [9.17, 15) is 0 Å². The summed E-state index contributed by atoms with van der Waals surface area (Å²) in [4.78, 5) is 6.73. The zero-order chi connectivity index (χ0) is 15.8. The monoisotopic (exact) mass is 436 g/mol. The molecule has 6 nitrogen and oxygen atoms in total. The lowest BCUT2D eigenvalue weighted by Crippen LogP contribution is -2.56. The van der Waals surface area contributed by atoms with E-state index in [-0.39, 0.29) is 29.5 Å². The molecule has 1 aromatic rings. The fourth-order valence-electron chi connectivity index (χ4n) is 2.56.